The molecule has 0 aromatic heterocycles. The van der Waals surface area contributed by atoms with Crippen LogP contribution in [0.2, 0.25) is 0 Å². The van der Waals surface area contributed by atoms with Crippen LogP contribution in [-0.4, -0.2) is 35.7 Å². The van der Waals surface area contributed by atoms with Gasteiger partial charge in [0.05, 0.1) is 12.5 Å². The Morgan fingerprint density at radius 2 is 1.67 bits per heavy atom. The molecule has 1 atom stereocenters. The van der Waals surface area contributed by atoms with E-state index in [1.807, 2.05) is 51.1 Å². The molecule has 0 saturated carbocycles. The summed E-state index contributed by atoms with van der Waals surface area (Å²) in [6, 6.07) is 8.89. The number of carbonyl (C=O) groups is 3. The Hall–Kier alpha value is -2.21. The maximum absolute atomic E-state index is 12.5. The van der Waals surface area contributed by atoms with E-state index in [1.165, 1.54) is 0 Å². The van der Waals surface area contributed by atoms with Crippen LogP contribution in [0.5, 0.6) is 0 Å². The van der Waals surface area contributed by atoms with Crippen LogP contribution in [0.1, 0.15) is 58.4 Å². The number of aryl methyl sites for hydroxylation is 1. The van der Waals surface area contributed by atoms with Gasteiger partial charge in [0.1, 0.15) is 0 Å². The zero-order valence-electron chi connectivity index (χ0n) is 16.7. The van der Waals surface area contributed by atoms with Crippen molar-refractivity contribution in [3.05, 3.63) is 35.9 Å². The third-order valence-electron chi connectivity index (χ3n) is 3.99. The third-order valence-corrected chi connectivity index (χ3v) is 3.99. The van der Waals surface area contributed by atoms with E-state index in [4.69, 9.17) is 5.73 Å². The second-order valence-electron chi connectivity index (χ2n) is 7.82. The molecular formula is C21H33N3O3. The molecule has 6 nitrogen and oxygen atoms in total. The lowest BCUT2D eigenvalue weighted by atomic mass is 10.0. The molecule has 0 radical (unpaired) electrons. The number of nitrogens with one attached hydrogen (secondary N) is 2. The number of ketones is 1. The summed E-state index contributed by atoms with van der Waals surface area (Å²) in [7, 11) is 0. The van der Waals surface area contributed by atoms with E-state index in [0.717, 1.165) is 12.0 Å². The van der Waals surface area contributed by atoms with E-state index in [-0.39, 0.29) is 36.0 Å². The quantitative estimate of drug-likeness (QED) is 0.516. The first-order chi connectivity index (χ1) is 12.7. The summed E-state index contributed by atoms with van der Waals surface area (Å²) >= 11 is 0. The number of carbonyl (C=O) groups excluding carboxylic acids is 3. The van der Waals surface area contributed by atoms with Crippen molar-refractivity contribution >= 4 is 17.6 Å². The molecule has 0 saturated heterocycles. The summed E-state index contributed by atoms with van der Waals surface area (Å²) in [4.78, 5) is 37.0. The van der Waals surface area contributed by atoms with Gasteiger partial charge in [-0.3, -0.25) is 14.4 Å². The molecule has 0 spiro atoms. The van der Waals surface area contributed by atoms with Crippen LogP contribution in [0.3, 0.4) is 0 Å². The van der Waals surface area contributed by atoms with Gasteiger partial charge in [0, 0.05) is 18.4 Å². The van der Waals surface area contributed by atoms with E-state index in [2.05, 4.69) is 10.6 Å². The molecule has 150 valence electrons. The highest BCUT2D eigenvalue weighted by Crippen LogP contribution is 2.07. The lowest BCUT2D eigenvalue weighted by molar-refractivity contribution is -0.131. The standard InChI is InChI=1S/C21H33N3O3/c1-21(2,3)24-20(27)15-17(18(25)11-7-8-14-22)23-19(26)13-12-16-9-5-4-6-10-16/h4-6,9-10,17H,7-8,11-15,22H2,1-3H3,(H,23,26)(H,24,27)/t17-/m0/s1. The average Bonchev–Trinajstić information content (AvgIpc) is 2.59. The average molecular weight is 376 g/mol. The molecule has 0 fully saturated rings. The normalized spacial score (nSPS) is 12.3. The molecule has 4 N–H and O–H groups in total. The minimum absolute atomic E-state index is 0.0458. The van der Waals surface area contributed by atoms with Crippen LogP contribution < -0.4 is 16.4 Å². The van der Waals surface area contributed by atoms with Gasteiger partial charge in [-0.05, 0) is 52.1 Å². The van der Waals surface area contributed by atoms with Gasteiger partial charge >= 0.3 is 0 Å². The fraction of sp³-hybridized carbons (Fsp3) is 0.571. The summed E-state index contributed by atoms with van der Waals surface area (Å²) in [5.41, 5.74) is 6.14. The first-order valence-corrected chi connectivity index (χ1v) is 9.58. The maximum atomic E-state index is 12.5. The second-order valence-corrected chi connectivity index (χ2v) is 7.82. The van der Waals surface area contributed by atoms with Crippen molar-refractivity contribution < 1.29 is 14.4 Å². The van der Waals surface area contributed by atoms with E-state index in [1.54, 1.807) is 0 Å². The van der Waals surface area contributed by atoms with E-state index >= 15 is 0 Å². The topological polar surface area (TPSA) is 101 Å². The van der Waals surface area contributed by atoms with Crippen molar-refractivity contribution in [2.24, 2.45) is 5.73 Å². The van der Waals surface area contributed by atoms with Crippen LogP contribution in [-0.2, 0) is 20.8 Å². The highest BCUT2D eigenvalue weighted by Gasteiger charge is 2.25. The minimum atomic E-state index is -0.798. The number of hydrogen-bond donors (Lipinski definition) is 3. The first kappa shape index (κ1) is 22.8. The second kappa shape index (κ2) is 11.5. The zero-order valence-corrected chi connectivity index (χ0v) is 16.7. The molecule has 1 rings (SSSR count). The number of unbranched alkanes of at least 4 members (excludes halogenated alkanes) is 1. The van der Waals surface area contributed by atoms with E-state index in [9.17, 15) is 14.4 Å². The Morgan fingerprint density at radius 1 is 1.00 bits per heavy atom. The third kappa shape index (κ3) is 10.5. The van der Waals surface area contributed by atoms with Gasteiger partial charge in [0.25, 0.3) is 0 Å². The minimum Gasteiger partial charge on any atom is -0.351 e. The summed E-state index contributed by atoms with van der Waals surface area (Å²) in [6.45, 7) is 6.15. The van der Waals surface area contributed by atoms with Gasteiger partial charge in [-0.1, -0.05) is 30.3 Å². The molecule has 0 aliphatic carbocycles. The van der Waals surface area contributed by atoms with Crippen molar-refractivity contribution in [2.45, 2.75) is 70.9 Å². The van der Waals surface area contributed by atoms with Crippen molar-refractivity contribution in [3.8, 4) is 0 Å². The molecule has 1 aromatic rings. The summed E-state index contributed by atoms with van der Waals surface area (Å²) < 4.78 is 0. The van der Waals surface area contributed by atoms with E-state index < -0.39 is 6.04 Å². The van der Waals surface area contributed by atoms with Gasteiger partial charge in [-0.25, -0.2) is 0 Å². The molecule has 27 heavy (non-hydrogen) atoms. The summed E-state index contributed by atoms with van der Waals surface area (Å²) in [6.07, 6.45) is 2.53. The number of nitrogens with two attached hydrogens (primary N) is 1. The van der Waals surface area contributed by atoms with Crippen molar-refractivity contribution in [2.75, 3.05) is 6.54 Å². The van der Waals surface area contributed by atoms with Crippen molar-refractivity contribution in [1.29, 1.82) is 0 Å². The van der Waals surface area contributed by atoms with Crippen LogP contribution in [0.15, 0.2) is 30.3 Å². The number of benzene rings is 1. The Kier molecular flexibility index (Phi) is 9.72. The molecule has 0 heterocycles. The smallest absolute Gasteiger partial charge is 0.222 e. The molecular weight excluding hydrogens is 342 g/mol. The van der Waals surface area contributed by atoms with Gasteiger partial charge in [0.15, 0.2) is 5.78 Å². The molecule has 0 aliphatic heterocycles. The maximum Gasteiger partial charge on any atom is 0.222 e. The largest absolute Gasteiger partial charge is 0.351 e. The molecule has 0 bridgehead atoms. The predicted molar refractivity (Wildman–Crippen MR) is 107 cm³/mol. The fourth-order valence-corrected chi connectivity index (χ4v) is 2.69. The summed E-state index contributed by atoms with van der Waals surface area (Å²) in [5.74, 6) is -0.594. The van der Waals surface area contributed by atoms with Crippen LogP contribution in [0.25, 0.3) is 0 Å². The number of Topliss-reactive ketones (excluding diaryl/α,β-unsaturated/α-hetero) is 1. The van der Waals surface area contributed by atoms with Gasteiger partial charge in [-0.2, -0.15) is 0 Å². The zero-order chi connectivity index (χ0) is 20.3. The van der Waals surface area contributed by atoms with Gasteiger partial charge in [-0.15, -0.1) is 0 Å². The lowest BCUT2D eigenvalue weighted by Crippen LogP contribution is -2.47. The Bertz CT molecular complexity index is 609. The fourth-order valence-electron chi connectivity index (χ4n) is 2.69. The Balaban J connectivity index is 2.64. The molecule has 6 heteroatoms. The number of amides is 2. The van der Waals surface area contributed by atoms with Crippen LogP contribution in [0, 0.1) is 0 Å². The highest BCUT2D eigenvalue weighted by atomic mass is 16.2. The van der Waals surface area contributed by atoms with Crippen LogP contribution in [0.4, 0.5) is 0 Å². The predicted octanol–water partition coefficient (Wildman–Crippen LogP) is 2.11. The number of hydrogen-bond acceptors (Lipinski definition) is 4. The first-order valence-electron chi connectivity index (χ1n) is 9.58. The van der Waals surface area contributed by atoms with Crippen LogP contribution >= 0.6 is 0 Å². The van der Waals surface area contributed by atoms with Gasteiger partial charge < -0.3 is 16.4 Å². The Labute approximate surface area is 162 Å². The molecule has 1 aromatic carbocycles. The lowest BCUT2D eigenvalue weighted by Gasteiger charge is -2.23. The molecule has 0 aliphatic rings. The molecule has 0 unspecified atom stereocenters. The van der Waals surface area contributed by atoms with Crippen molar-refractivity contribution in [3.63, 3.8) is 0 Å². The van der Waals surface area contributed by atoms with E-state index in [0.29, 0.717) is 25.8 Å². The molecule has 2 amide bonds. The SMILES string of the molecule is CC(C)(C)NC(=O)C[C@H](NC(=O)CCc1ccccc1)C(=O)CCCCN. The highest BCUT2D eigenvalue weighted by molar-refractivity contribution is 5.93. The Morgan fingerprint density at radius 3 is 2.26 bits per heavy atom. The monoisotopic (exact) mass is 375 g/mol. The van der Waals surface area contributed by atoms with Gasteiger partial charge in [0.2, 0.25) is 11.8 Å². The summed E-state index contributed by atoms with van der Waals surface area (Å²) in [5, 5.41) is 5.59. The number of rotatable bonds is 11. The van der Waals surface area contributed by atoms with Crippen molar-refractivity contribution in [1.82, 2.24) is 10.6 Å².